The molecule has 1 atom stereocenters. The van der Waals surface area contributed by atoms with Crippen LogP contribution in [0.1, 0.15) is 13.0 Å². The molecule has 0 saturated heterocycles. The van der Waals surface area contributed by atoms with E-state index in [9.17, 15) is 13.2 Å². The van der Waals surface area contributed by atoms with Crippen LogP contribution >= 0.6 is 0 Å². The lowest BCUT2D eigenvalue weighted by Gasteiger charge is -2.15. The molecule has 0 bridgehead atoms. The molecule has 0 fully saturated rings. The van der Waals surface area contributed by atoms with Crippen LogP contribution in [0.4, 0.5) is 5.69 Å². The number of carbonyl (C=O) groups is 1. The molecule has 7 heteroatoms. The average Bonchev–Trinajstić information content (AvgIpc) is 3.00. The van der Waals surface area contributed by atoms with Crippen molar-refractivity contribution in [2.24, 2.45) is 0 Å². The number of rotatable bonds is 5. The van der Waals surface area contributed by atoms with E-state index in [1.165, 1.54) is 26.2 Å². The van der Waals surface area contributed by atoms with E-state index in [0.717, 1.165) is 4.31 Å². The summed E-state index contributed by atoms with van der Waals surface area (Å²) in [7, 11) is -0.588. The highest BCUT2D eigenvalue weighted by molar-refractivity contribution is 7.89. The third-order valence-corrected chi connectivity index (χ3v) is 5.15. The molecule has 1 amide bonds. The molecule has 1 unspecified atom stereocenters. The SMILES string of the molecule is CC(C(=O)Nc1cccc(S(=O)(=O)N(C)C)c1)n1cccc1. The second-order valence-electron chi connectivity index (χ2n) is 5.11. The molecule has 0 saturated carbocycles. The topological polar surface area (TPSA) is 71.4 Å². The molecule has 0 aliphatic rings. The van der Waals surface area contributed by atoms with Crippen molar-refractivity contribution in [2.75, 3.05) is 19.4 Å². The molecule has 22 heavy (non-hydrogen) atoms. The van der Waals surface area contributed by atoms with E-state index in [2.05, 4.69) is 5.32 Å². The van der Waals surface area contributed by atoms with Crippen molar-refractivity contribution >= 4 is 21.6 Å². The minimum atomic E-state index is -3.52. The first kappa shape index (κ1) is 16.3. The summed E-state index contributed by atoms with van der Waals surface area (Å²) in [5.74, 6) is -0.212. The average molecular weight is 321 g/mol. The predicted molar refractivity (Wildman–Crippen MR) is 85.1 cm³/mol. The summed E-state index contributed by atoms with van der Waals surface area (Å²) in [6.45, 7) is 1.77. The predicted octanol–water partition coefficient (Wildman–Crippen LogP) is 1.94. The minimum Gasteiger partial charge on any atom is -0.342 e. The zero-order valence-electron chi connectivity index (χ0n) is 12.7. The summed E-state index contributed by atoms with van der Waals surface area (Å²) in [4.78, 5) is 12.4. The van der Waals surface area contributed by atoms with Crippen LogP contribution in [0.3, 0.4) is 0 Å². The van der Waals surface area contributed by atoms with Crippen LogP contribution in [0.5, 0.6) is 0 Å². The van der Waals surface area contributed by atoms with E-state index >= 15 is 0 Å². The van der Waals surface area contributed by atoms with Crippen molar-refractivity contribution in [1.82, 2.24) is 8.87 Å². The second kappa shape index (κ2) is 6.33. The first-order chi connectivity index (χ1) is 10.3. The maximum absolute atomic E-state index is 12.2. The second-order valence-corrected chi connectivity index (χ2v) is 7.26. The zero-order valence-corrected chi connectivity index (χ0v) is 13.5. The standard InChI is InChI=1S/C15H19N3O3S/c1-12(18-9-4-5-10-18)15(19)16-13-7-6-8-14(11-13)22(20,21)17(2)3/h4-12H,1-3H3,(H,16,19). The van der Waals surface area contributed by atoms with Gasteiger partial charge in [-0.1, -0.05) is 6.07 Å². The molecule has 2 rings (SSSR count). The molecule has 0 aliphatic heterocycles. The van der Waals surface area contributed by atoms with Crippen LogP contribution in [0, 0.1) is 0 Å². The maximum atomic E-state index is 12.2. The van der Waals surface area contributed by atoms with Crippen molar-refractivity contribution in [3.05, 3.63) is 48.8 Å². The van der Waals surface area contributed by atoms with Gasteiger partial charge in [-0.25, -0.2) is 12.7 Å². The molecular weight excluding hydrogens is 302 g/mol. The van der Waals surface area contributed by atoms with Gasteiger partial charge in [0.2, 0.25) is 15.9 Å². The van der Waals surface area contributed by atoms with Crippen LogP contribution < -0.4 is 5.32 Å². The Kier molecular flexibility index (Phi) is 4.68. The summed E-state index contributed by atoms with van der Waals surface area (Å²) >= 11 is 0. The van der Waals surface area contributed by atoms with E-state index in [1.54, 1.807) is 36.0 Å². The monoisotopic (exact) mass is 321 g/mol. The highest BCUT2D eigenvalue weighted by Crippen LogP contribution is 2.19. The van der Waals surface area contributed by atoms with Gasteiger partial charge >= 0.3 is 0 Å². The van der Waals surface area contributed by atoms with Gasteiger partial charge in [-0.05, 0) is 37.3 Å². The lowest BCUT2D eigenvalue weighted by atomic mass is 10.2. The Labute approximate surface area is 130 Å². The Morgan fingerprint density at radius 2 is 1.82 bits per heavy atom. The Balaban J connectivity index is 2.19. The van der Waals surface area contributed by atoms with Crippen LogP contribution in [0.2, 0.25) is 0 Å². The summed E-state index contributed by atoms with van der Waals surface area (Å²) in [5, 5.41) is 2.74. The molecule has 0 spiro atoms. The molecule has 0 aliphatic carbocycles. The number of anilines is 1. The number of carbonyl (C=O) groups excluding carboxylic acids is 1. The number of aromatic nitrogens is 1. The van der Waals surface area contributed by atoms with Gasteiger partial charge in [-0.3, -0.25) is 4.79 Å². The van der Waals surface area contributed by atoms with Gasteiger partial charge in [0, 0.05) is 32.2 Å². The highest BCUT2D eigenvalue weighted by atomic mass is 32.2. The molecule has 1 aromatic carbocycles. The van der Waals surface area contributed by atoms with Crippen molar-refractivity contribution in [3.63, 3.8) is 0 Å². The number of nitrogens with one attached hydrogen (secondary N) is 1. The summed E-state index contributed by atoms with van der Waals surface area (Å²) in [5.41, 5.74) is 0.451. The van der Waals surface area contributed by atoms with Crippen molar-refractivity contribution in [3.8, 4) is 0 Å². The van der Waals surface area contributed by atoms with Crippen LogP contribution in [-0.2, 0) is 14.8 Å². The number of benzene rings is 1. The molecular formula is C15H19N3O3S. The Morgan fingerprint density at radius 3 is 2.41 bits per heavy atom. The number of hydrogen-bond acceptors (Lipinski definition) is 3. The summed E-state index contributed by atoms with van der Waals surface area (Å²) < 4.78 is 27.1. The third kappa shape index (κ3) is 3.37. The van der Waals surface area contributed by atoms with E-state index in [-0.39, 0.29) is 16.8 Å². The first-order valence-corrected chi connectivity index (χ1v) is 8.22. The van der Waals surface area contributed by atoms with E-state index < -0.39 is 10.0 Å². The third-order valence-electron chi connectivity index (χ3n) is 3.33. The van der Waals surface area contributed by atoms with E-state index in [1.807, 2.05) is 12.1 Å². The minimum absolute atomic E-state index is 0.143. The smallest absolute Gasteiger partial charge is 0.247 e. The molecule has 0 radical (unpaired) electrons. The lowest BCUT2D eigenvalue weighted by Crippen LogP contribution is -2.24. The fourth-order valence-electron chi connectivity index (χ4n) is 1.93. The fraction of sp³-hybridized carbons (Fsp3) is 0.267. The number of sulfonamides is 1. The van der Waals surface area contributed by atoms with Crippen LogP contribution in [0.15, 0.2) is 53.7 Å². The Hall–Kier alpha value is -2.12. The van der Waals surface area contributed by atoms with E-state index in [4.69, 9.17) is 0 Å². The van der Waals surface area contributed by atoms with Gasteiger partial charge in [0.25, 0.3) is 0 Å². The normalized spacial score (nSPS) is 13.1. The van der Waals surface area contributed by atoms with Gasteiger partial charge in [-0.2, -0.15) is 0 Å². The first-order valence-electron chi connectivity index (χ1n) is 6.78. The quantitative estimate of drug-likeness (QED) is 0.915. The maximum Gasteiger partial charge on any atom is 0.247 e. The molecule has 1 heterocycles. The lowest BCUT2D eigenvalue weighted by molar-refractivity contribution is -0.118. The number of hydrogen-bond donors (Lipinski definition) is 1. The molecule has 6 nitrogen and oxygen atoms in total. The van der Waals surface area contributed by atoms with Crippen LogP contribution in [0.25, 0.3) is 0 Å². The number of nitrogens with zero attached hydrogens (tertiary/aromatic N) is 2. The fourth-order valence-corrected chi connectivity index (χ4v) is 2.88. The molecule has 2 aromatic rings. The highest BCUT2D eigenvalue weighted by Gasteiger charge is 2.19. The number of amides is 1. The zero-order chi connectivity index (χ0) is 16.3. The Bertz CT molecular complexity index is 752. The van der Waals surface area contributed by atoms with Gasteiger partial charge in [0.15, 0.2) is 0 Å². The van der Waals surface area contributed by atoms with Gasteiger partial charge < -0.3 is 9.88 Å². The Morgan fingerprint density at radius 1 is 1.18 bits per heavy atom. The molecule has 1 aromatic heterocycles. The molecule has 1 N–H and O–H groups in total. The summed E-state index contributed by atoms with van der Waals surface area (Å²) in [6, 6.07) is 9.52. The van der Waals surface area contributed by atoms with Gasteiger partial charge in [0.05, 0.1) is 4.90 Å². The van der Waals surface area contributed by atoms with E-state index in [0.29, 0.717) is 5.69 Å². The molecule has 118 valence electrons. The van der Waals surface area contributed by atoms with Crippen molar-refractivity contribution < 1.29 is 13.2 Å². The van der Waals surface area contributed by atoms with Gasteiger partial charge in [0.1, 0.15) is 6.04 Å². The van der Waals surface area contributed by atoms with Gasteiger partial charge in [-0.15, -0.1) is 0 Å². The summed E-state index contributed by atoms with van der Waals surface area (Å²) in [6.07, 6.45) is 3.61. The van der Waals surface area contributed by atoms with Crippen molar-refractivity contribution in [1.29, 1.82) is 0 Å². The largest absolute Gasteiger partial charge is 0.342 e. The van der Waals surface area contributed by atoms with Crippen LogP contribution in [-0.4, -0.2) is 37.3 Å². The van der Waals surface area contributed by atoms with Crippen molar-refractivity contribution in [2.45, 2.75) is 17.9 Å².